The Bertz CT molecular complexity index is 452. The van der Waals surface area contributed by atoms with E-state index in [2.05, 4.69) is 0 Å². The zero-order valence-corrected chi connectivity index (χ0v) is 12.3. The Morgan fingerprint density at radius 1 is 1.37 bits per heavy atom. The number of hydrogen-bond donors (Lipinski definition) is 2. The maximum Gasteiger partial charge on any atom is 0.323 e. The Morgan fingerprint density at radius 2 is 1.95 bits per heavy atom. The fraction of sp³-hybridized carbons (Fsp3) is 0.533. The minimum absolute atomic E-state index is 0.177. The van der Waals surface area contributed by atoms with E-state index in [1.807, 2.05) is 19.9 Å². The van der Waals surface area contributed by atoms with Crippen LogP contribution in [0.5, 0.6) is 5.75 Å². The predicted molar refractivity (Wildman–Crippen MR) is 75.1 cm³/mol. The van der Waals surface area contributed by atoms with E-state index in [9.17, 15) is 9.90 Å². The summed E-state index contributed by atoms with van der Waals surface area (Å²) in [5.74, 6) is -0.275. The first-order chi connectivity index (χ1) is 8.60. The van der Waals surface area contributed by atoms with E-state index in [1.54, 1.807) is 26.8 Å². The molecule has 0 amide bonds. The van der Waals surface area contributed by atoms with Crippen LogP contribution in [0.3, 0.4) is 0 Å². The van der Waals surface area contributed by atoms with Crippen LogP contribution < -0.4 is 5.73 Å². The first-order valence-corrected chi connectivity index (χ1v) is 6.37. The van der Waals surface area contributed by atoms with Gasteiger partial charge in [-0.3, -0.25) is 4.79 Å². The van der Waals surface area contributed by atoms with E-state index in [-0.39, 0.29) is 12.2 Å². The average molecular weight is 265 g/mol. The number of carbonyl (C=O) groups excluding carboxylic acids is 1. The van der Waals surface area contributed by atoms with Crippen LogP contribution in [-0.4, -0.2) is 22.7 Å². The second-order valence-electron chi connectivity index (χ2n) is 5.92. The smallest absolute Gasteiger partial charge is 0.323 e. The second-order valence-corrected chi connectivity index (χ2v) is 5.92. The van der Waals surface area contributed by atoms with Gasteiger partial charge in [0, 0.05) is 6.42 Å². The highest BCUT2D eigenvalue weighted by molar-refractivity contribution is 5.76. The molecular formula is C15H23NO3. The van der Waals surface area contributed by atoms with Crippen LogP contribution in [0, 0.1) is 13.8 Å². The van der Waals surface area contributed by atoms with Gasteiger partial charge in [-0.2, -0.15) is 0 Å². The Balaban J connectivity index is 2.83. The van der Waals surface area contributed by atoms with Crippen molar-refractivity contribution in [1.29, 1.82) is 0 Å². The number of aryl methyl sites for hydroxylation is 2. The summed E-state index contributed by atoms with van der Waals surface area (Å²) in [6.07, 6.45) is 0.271. The molecule has 0 aromatic heterocycles. The predicted octanol–water partition coefficient (Wildman–Crippen LogP) is 2.22. The molecule has 0 saturated carbocycles. The molecule has 0 radical (unpaired) electrons. The van der Waals surface area contributed by atoms with Gasteiger partial charge < -0.3 is 15.6 Å². The number of nitrogens with two attached hydrogens (primary N) is 1. The maximum absolute atomic E-state index is 11.8. The summed E-state index contributed by atoms with van der Waals surface area (Å²) in [4.78, 5) is 11.8. The number of aromatic hydroxyl groups is 1. The van der Waals surface area contributed by atoms with Gasteiger partial charge in [-0.25, -0.2) is 0 Å². The molecule has 1 atom stereocenters. The van der Waals surface area contributed by atoms with Gasteiger partial charge in [-0.1, -0.05) is 6.07 Å². The number of hydrogen-bond acceptors (Lipinski definition) is 4. The van der Waals surface area contributed by atoms with Crippen molar-refractivity contribution in [3.8, 4) is 5.75 Å². The molecule has 0 fully saturated rings. The molecule has 4 nitrogen and oxygen atoms in total. The molecule has 0 bridgehead atoms. The van der Waals surface area contributed by atoms with Gasteiger partial charge in [0.2, 0.25) is 0 Å². The molecular weight excluding hydrogens is 242 g/mol. The minimum Gasteiger partial charge on any atom is -0.508 e. The summed E-state index contributed by atoms with van der Waals surface area (Å²) in [7, 11) is 0. The molecule has 0 aliphatic heterocycles. The highest BCUT2D eigenvalue weighted by Crippen LogP contribution is 2.24. The molecule has 0 aliphatic carbocycles. The van der Waals surface area contributed by atoms with E-state index in [4.69, 9.17) is 10.5 Å². The van der Waals surface area contributed by atoms with Crippen molar-refractivity contribution in [2.24, 2.45) is 5.73 Å². The van der Waals surface area contributed by atoms with Gasteiger partial charge in [0.25, 0.3) is 0 Å². The molecule has 1 aromatic rings. The zero-order chi connectivity index (χ0) is 14.8. The minimum atomic E-state index is -0.772. The molecule has 0 saturated heterocycles. The average Bonchev–Trinajstić information content (AvgIpc) is 2.20. The third-order valence-corrected chi connectivity index (χ3v) is 2.73. The number of carbonyl (C=O) groups is 1. The van der Waals surface area contributed by atoms with E-state index in [0.29, 0.717) is 5.56 Å². The Labute approximate surface area is 114 Å². The topological polar surface area (TPSA) is 72.6 Å². The normalized spacial score (nSPS) is 13.2. The fourth-order valence-electron chi connectivity index (χ4n) is 1.92. The summed E-state index contributed by atoms with van der Waals surface area (Å²) >= 11 is 0. The van der Waals surface area contributed by atoms with E-state index >= 15 is 0 Å². The fourth-order valence-corrected chi connectivity index (χ4v) is 1.92. The van der Waals surface area contributed by atoms with Crippen molar-refractivity contribution >= 4 is 5.97 Å². The molecule has 0 aliphatic rings. The lowest BCUT2D eigenvalue weighted by Gasteiger charge is -2.22. The number of benzene rings is 1. The highest BCUT2D eigenvalue weighted by Gasteiger charge is 2.23. The van der Waals surface area contributed by atoms with Crippen molar-refractivity contribution in [3.05, 3.63) is 28.8 Å². The Hall–Kier alpha value is -1.55. The van der Waals surface area contributed by atoms with Gasteiger partial charge in [0.15, 0.2) is 0 Å². The lowest BCUT2D eigenvalue weighted by atomic mass is 9.98. The Morgan fingerprint density at radius 3 is 2.42 bits per heavy atom. The van der Waals surface area contributed by atoms with Gasteiger partial charge in [0.1, 0.15) is 17.4 Å². The second kappa shape index (κ2) is 5.61. The number of rotatable bonds is 3. The molecule has 4 heteroatoms. The number of esters is 1. The quantitative estimate of drug-likeness (QED) is 0.822. The van der Waals surface area contributed by atoms with Crippen molar-refractivity contribution in [2.45, 2.75) is 52.7 Å². The number of phenolic OH excluding ortho intramolecular Hbond substituents is 1. The largest absolute Gasteiger partial charge is 0.508 e. The molecule has 0 heterocycles. The lowest BCUT2D eigenvalue weighted by Crippen LogP contribution is -2.39. The standard InChI is InChI=1S/C15H23NO3/c1-9-6-10(2)11(13(17)7-9)8-12(16)14(18)19-15(3,4)5/h6-7,12,17H,8,16H2,1-5H3. The summed E-state index contributed by atoms with van der Waals surface area (Å²) in [6, 6.07) is 2.85. The molecule has 3 N–H and O–H groups in total. The van der Waals surface area contributed by atoms with Crippen LogP contribution in [0.15, 0.2) is 12.1 Å². The van der Waals surface area contributed by atoms with Gasteiger partial charge in [-0.05, 0) is 57.4 Å². The highest BCUT2D eigenvalue weighted by atomic mass is 16.6. The van der Waals surface area contributed by atoms with Gasteiger partial charge in [0.05, 0.1) is 0 Å². The molecule has 1 rings (SSSR count). The summed E-state index contributed by atoms with van der Waals surface area (Å²) in [5, 5.41) is 9.93. The first-order valence-electron chi connectivity index (χ1n) is 6.37. The van der Waals surface area contributed by atoms with Crippen LogP contribution in [0.1, 0.15) is 37.5 Å². The Kier molecular flexibility index (Phi) is 4.58. The van der Waals surface area contributed by atoms with Crippen LogP contribution in [0.4, 0.5) is 0 Å². The summed E-state index contributed by atoms with van der Waals surface area (Å²) in [5.41, 5.74) is 7.89. The van der Waals surface area contributed by atoms with Crippen molar-refractivity contribution in [2.75, 3.05) is 0 Å². The maximum atomic E-state index is 11.8. The van der Waals surface area contributed by atoms with Crippen molar-refractivity contribution < 1.29 is 14.6 Å². The van der Waals surface area contributed by atoms with Gasteiger partial charge in [-0.15, -0.1) is 0 Å². The number of phenols is 1. The molecule has 1 aromatic carbocycles. The molecule has 106 valence electrons. The van der Waals surface area contributed by atoms with Crippen molar-refractivity contribution in [1.82, 2.24) is 0 Å². The molecule has 1 unspecified atom stereocenters. The SMILES string of the molecule is Cc1cc(C)c(CC(N)C(=O)OC(C)(C)C)c(O)c1. The van der Waals surface area contributed by atoms with Crippen LogP contribution in [-0.2, 0) is 16.0 Å². The van der Waals surface area contributed by atoms with Gasteiger partial charge >= 0.3 is 5.97 Å². The third kappa shape index (κ3) is 4.56. The van der Waals surface area contributed by atoms with Crippen molar-refractivity contribution in [3.63, 3.8) is 0 Å². The van der Waals surface area contributed by atoms with Crippen LogP contribution in [0.25, 0.3) is 0 Å². The molecule has 0 spiro atoms. The first kappa shape index (κ1) is 15.5. The zero-order valence-electron chi connectivity index (χ0n) is 12.3. The summed E-state index contributed by atoms with van der Waals surface area (Å²) in [6.45, 7) is 9.19. The third-order valence-electron chi connectivity index (χ3n) is 2.73. The monoisotopic (exact) mass is 265 g/mol. The summed E-state index contributed by atoms with van der Waals surface area (Å²) < 4.78 is 5.23. The van der Waals surface area contributed by atoms with E-state index in [0.717, 1.165) is 11.1 Å². The van der Waals surface area contributed by atoms with E-state index in [1.165, 1.54) is 0 Å². The number of ether oxygens (including phenoxy) is 1. The molecule has 19 heavy (non-hydrogen) atoms. The lowest BCUT2D eigenvalue weighted by molar-refractivity contribution is -0.156. The van der Waals surface area contributed by atoms with E-state index < -0.39 is 17.6 Å². The van der Waals surface area contributed by atoms with Crippen LogP contribution >= 0.6 is 0 Å². The van der Waals surface area contributed by atoms with Crippen LogP contribution in [0.2, 0.25) is 0 Å².